The van der Waals surface area contributed by atoms with E-state index in [1.54, 1.807) is 38.5 Å². The molecule has 0 aliphatic carbocycles. The number of carboxylic acids is 1. The van der Waals surface area contributed by atoms with Gasteiger partial charge in [0.25, 0.3) is 0 Å². The van der Waals surface area contributed by atoms with Gasteiger partial charge in [0.15, 0.2) is 11.5 Å². The standard InChI is InChI=1S/C25H24ClN3O6/c1-33-16-5-6-18-15(10-16)11-17(25(26)27-18)20-13-19(28-29(20)23(30)8-9-24(31)32)14-4-7-21(34-2)22(12-14)35-3/h4-7,10-12,20H,8-9,13H2,1-3H3,(H,31,32)/t20-/m0/s1. The SMILES string of the molecule is COc1ccc2nc(Cl)c([C@@H]3CC(c4ccc(OC)c(OC)c4)=NN3C(=O)CCC(=O)O)cc2c1. The lowest BCUT2D eigenvalue weighted by Gasteiger charge is -2.23. The summed E-state index contributed by atoms with van der Waals surface area (Å²) in [6.45, 7) is 0. The molecule has 182 valence electrons. The summed E-state index contributed by atoms with van der Waals surface area (Å²) in [5.74, 6) is 0.273. The Morgan fingerprint density at radius 1 is 1.03 bits per heavy atom. The van der Waals surface area contributed by atoms with E-state index in [0.717, 1.165) is 10.9 Å². The highest BCUT2D eigenvalue weighted by Crippen LogP contribution is 2.39. The number of aromatic nitrogens is 1. The molecule has 1 aromatic heterocycles. The second-order valence-electron chi connectivity index (χ2n) is 7.90. The number of hydrazone groups is 1. The number of fused-ring (bicyclic) bond motifs is 1. The van der Waals surface area contributed by atoms with E-state index in [9.17, 15) is 9.59 Å². The van der Waals surface area contributed by atoms with Crippen molar-refractivity contribution >= 4 is 40.1 Å². The monoisotopic (exact) mass is 497 g/mol. The maximum Gasteiger partial charge on any atom is 0.303 e. The molecule has 2 aromatic carbocycles. The number of rotatable bonds is 8. The fourth-order valence-electron chi connectivity index (χ4n) is 4.01. The number of hydrogen-bond donors (Lipinski definition) is 1. The highest BCUT2D eigenvalue weighted by Gasteiger charge is 2.35. The molecule has 0 radical (unpaired) electrons. The van der Waals surface area contributed by atoms with Gasteiger partial charge in [-0.25, -0.2) is 9.99 Å². The fraction of sp³-hybridized carbons (Fsp3) is 0.280. The Morgan fingerprint density at radius 3 is 2.49 bits per heavy atom. The van der Waals surface area contributed by atoms with Crippen LogP contribution >= 0.6 is 11.6 Å². The van der Waals surface area contributed by atoms with Crippen molar-refractivity contribution in [2.24, 2.45) is 5.10 Å². The van der Waals surface area contributed by atoms with Gasteiger partial charge in [0.05, 0.1) is 45.0 Å². The molecule has 4 rings (SSSR count). The molecule has 1 amide bonds. The fourth-order valence-corrected chi connectivity index (χ4v) is 4.28. The summed E-state index contributed by atoms with van der Waals surface area (Å²) in [6, 6.07) is 12.1. The molecule has 0 saturated carbocycles. The van der Waals surface area contributed by atoms with Crippen LogP contribution in [-0.4, -0.2) is 54.0 Å². The number of carboxylic acid groups (broad SMARTS) is 1. The highest BCUT2D eigenvalue weighted by atomic mass is 35.5. The van der Waals surface area contributed by atoms with Crippen LogP contribution in [0, 0.1) is 0 Å². The minimum atomic E-state index is -1.06. The molecule has 1 aliphatic rings. The second kappa shape index (κ2) is 10.2. The van der Waals surface area contributed by atoms with Crippen LogP contribution in [-0.2, 0) is 9.59 Å². The summed E-state index contributed by atoms with van der Waals surface area (Å²) >= 11 is 6.57. The summed E-state index contributed by atoms with van der Waals surface area (Å²) in [6.07, 6.45) is -0.143. The number of halogens is 1. The molecule has 3 aromatic rings. The van der Waals surface area contributed by atoms with Crippen LogP contribution in [0.1, 0.15) is 36.4 Å². The number of carbonyl (C=O) groups excluding carboxylic acids is 1. The molecule has 35 heavy (non-hydrogen) atoms. The third kappa shape index (κ3) is 5.00. The Balaban J connectivity index is 1.76. The highest BCUT2D eigenvalue weighted by molar-refractivity contribution is 6.30. The van der Waals surface area contributed by atoms with E-state index < -0.39 is 17.9 Å². The van der Waals surface area contributed by atoms with Crippen molar-refractivity contribution in [3.8, 4) is 17.2 Å². The zero-order chi connectivity index (χ0) is 25.1. The normalized spacial score (nSPS) is 15.1. The van der Waals surface area contributed by atoms with Gasteiger partial charge in [0, 0.05) is 29.4 Å². The summed E-state index contributed by atoms with van der Waals surface area (Å²) in [5.41, 5.74) is 2.66. The number of pyridine rings is 1. The first-order valence-electron chi connectivity index (χ1n) is 10.8. The number of nitrogens with zero attached hydrogens (tertiary/aromatic N) is 3. The third-order valence-electron chi connectivity index (χ3n) is 5.80. The van der Waals surface area contributed by atoms with E-state index >= 15 is 0 Å². The van der Waals surface area contributed by atoms with Gasteiger partial charge in [-0.15, -0.1) is 0 Å². The van der Waals surface area contributed by atoms with E-state index in [-0.39, 0.29) is 18.0 Å². The van der Waals surface area contributed by atoms with Crippen LogP contribution in [0.2, 0.25) is 5.15 Å². The molecule has 1 atom stereocenters. The van der Waals surface area contributed by atoms with Gasteiger partial charge < -0.3 is 19.3 Å². The Hall–Kier alpha value is -3.85. The van der Waals surface area contributed by atoms with Crippen LogP contribution in [0.5, 0.6) is 17.2 Å². The van der Waals surface area contributed by atoms with Crippen molar-refractivity contribution in [3.63, 3.8) is 0 Å². The number of carbonyl (C=O) groups is 2. The summed E-state index contributed by atoms with van der Waals surface area (Å²) in [7, 11) is 4.67. The van der Waals surface area contributed by atoms with E-state index in [4.69, 9.17) is 30.9 Å². The van der Waals surface area contributed by atoms with E-state index in [1.165, 1.54) is 12.1 Å². The van der Waals surface area contributed by atoms with E-state index in [1.807, 2.05) is 18.2 Å². The lowest BCUT2D eigenvalue weighted by Crippen LogP contribution is -2.27. The molecule has 0 fully saturated rings. The molecule has 0 bridgehead atoms. The minimum absolute atomic E-state index is 0.193. The van der Waals surface area contributed by atoms with Gasteiger partial charge in [0.1, 0.15) is 10.9 Å². The van der Waals surface area contributed by atoms with Crippen molar-refractivity contribution in [2.45, 2.75) is 25.3 Å². The molecular formula is C25H24ClN3O6. The van der Waals surface area contributed by atoms with Gasteiger partial charge in [0.2, 0.25) is 5.91 Å². The predicted octanol–water partition coefficient (Wildman–Crippen LogP) is 4.46. The third-order valence-corrected chi connectivity index (χ3v) is 6.10. The minimum Gasteiger partial charge on any atom is -0.497 e. The molecule has 9 nitrogen and oxygen atoms in total. The largest absolute Gasteiger partial charge is 0.497 e. The number of hydrogen-bond acceptors (Lipinski definition) is 7. The lowest BCUT2D eigenvalue weighted by molar-refractivity contribution is -0.141. The van der Waals surface area contributed by atoms with Crippen LogP contribution < -0.4 is 14.2 Å². The van der Waals surface area contributed by atoms with Crippen molar-refractivity contribution in [1.29, 1.82) is 0 Å². The van der Waals surface area contributed by atoms with Crippen LogP contribution in [0.25, 0.3) is 10.9 Å². The zero-order valence-corrected chi connectivity index (χ0v) is 20.2. The average Bonchev–Trinajstić information content (AvgIpc) is 3.31. The Kier molecular flexibility index (Phi) is 7.07. The molecule has 1 N–H and O–H groups in total. The molecule has 2 heterocycles. The summed E-state index contributed by atoms with van der Waals surface area (Å²) in [5, 5.41) is 16.0. The topological polar surface area (TPSA) is 111 Å². The van der Waals surface area contributed by atoms with Crippen molar-refractivity contribution in [3.05, 3.63) is 58.7 Å². The van der Waals surface area contributed by atoms with Gasteiger partial charge in [-0.05, 0) is 42.5 Å². The summed E-state index contributed by atoms with van der Waals surface area (Å²) in [4.78, 5) is 28.6. The molecule has 10 heteroatoms. The van der Waals surface area contributed by atoms with Crippen LogP contribution in [0.3, 0.4) is 0 Å². The van der Waals surface area contributed by atoms with Gasteiger partial charge in [-0.3, -0.25) is 9.59 Å². The maximum absolute atomic E-state index is 13.0. The van der Waals surface area contributed by atoms with Crippen molar-refractivity contribution in [1.82, 2.24) is 9.99 Å². The van der Waals surface area contributed by atoms with Gasteiger partial charge >= 0.3 is 5.97 Å². The molecule has 1 aliphatic heterocycles. The first kappa shape index (κ1) is 24.3. The van der Waals surface area contributed by atoms with E-state index in [2.05, 4.69) is 10.1 Å². The van der Waals surface area contributed by atoms with Gasteiger partial charge in [-0.2, -0.15) is 5.10 Å². The number of ether oxygens (including phenoxy) is 3. The average molecular weight is 498 g/mol. The maximum atomic E-state index is 13.0. The number of aliphatic carboxylic acids is 1. The Bertz CT molecular complexity index is 1330. The second-order valence-corrected chi connectivity index (χ2v) is 8.25. The van der Waals surface area contributed by atoms with Crippen LogP contribution in [0.15, 0.2) is 47.6 Å². The van der Waals surface area contributed by atoms with Crippen molar-refractivity contribution < 1.29 is 28.9 Å². The molecule has 0 saturated heterocycles. The molecule has 0 spiro atoms. The Labute approximate surface area is 206 Å². The number of amides is 1. The quantitative estimate of drug-likeness (QED) is 0.457. The van der Waals surface area contributed by atoms with Gasteiger partial charge in [-0.1, -0.05) is 11.6 Å². The zero-order valence-electron chi connectivity index (χ0n) is 19.4. The molecular weight excluding hydrogens is 474 g/mol. The van der Waals surface area contributed by atoms with E-state index in [0.29, 0.717) is 40.5 Å². The first-order chi connectivity index (χ1) is 16.8. The number of methoxy groups -OCH3 is 3. The van der Waals surface area contributed by atoms with Crippen LogP contribution in [0.4, 0.5) is 0 Å². The molecule has 0 unspecified atom stereocenters. The van der Waals surface area contributed by atoms with Crippen molar-refractivity contribution in [2.75, 3.05) is 21.3 Å². The smallest absolute Gasteiger partial charge is 0.303 e. The number of benzene rings is 2. The Morgan fingerprint density at radius 2 is 1.80 bits per heavy atom. The lowest BCUT2D eigenvalue weighted by atomic mass is 9.98. The predicted molar refractivity (Wildman–Crippen MR) is 130 cm³/mol. The summed E-state index contributed by atoms with van der Waals surface area (Å²) < 4.78 is 16.0. The first-order valence-corrected chi connectivity index (χ1v) is 11.2.